The molecule has 0 unspecified atom stereocenters. The van der Waals surface area contributed by atoms with Gasteiger partial charge in [0, 0.05) is 17.3 Å². The van der Waals surface area contributed by atoms with E-state index in [4.69, 9.17) is 16.9 Å². The molecule has 0 spiro atoms. The van der Waals surface area contributed by atoms with Crippen molar-refractivity contribution in [1.82, 2.24) is 0 Å². The van der Waals surface area contributed by atoms with Gasteiger partial charge in [-0.2, -0.15) is 5.26 Å². The second-order valence-electron chi connectivity index (χ2n) is 4.33. The van der Waals surface area contributed by atoms with E-state index in [0.29, 0.717) is 34.1 Å². The Balaban J connectivity index is 2.32. The smallest absolute Gasteiger partial charge is 0.257 e. The molecule has 2 N–H and O–H groups in total. The number of nitriles is 1. The van der Waals surface area contributed by atoms with E-state index in [0.717, 1.165) is 0 Å². The van der Waals surface area contributed by atoms with Crippen molar-refractivity contribution in [2.24, 2.45) is 0 Å². The maximum Gasteiger partial charge on any atom is 0.257 e. The Hall–Kier alpha value is -2.51. The Labute approximate surface area is 128 Å². The maximum absolute atomic E-state index is 12.4. The Morgan fingerprint density at radius 2 is 2.00 bits per heavy atom. The Bertz CT molecular complexity index is 707. The first-order valence-electron chi connectivity index (χ1n) is 6.49. The number of para-hydroxylation sites is 1. The quantitative estimate of drug-likeness (QED) is 0.900. The van der Waals surface area contributed by atoms with E-state index in [2.05, 4.69) is 10.6 Å². The Morgan fingerprint density at radius 1 is 1.24 bits per heavy atom. The lowest BCUT2D eigenvalue weighted by Crippen LogP contribution is -2.15. The van der Waals surface area contributed by atoms with Crippen LogP contribution in [0.3, 0.4) is 0 Å². The predicted molar refractivity (Wildman–Crippen MR) is 84.7 cm³/mol. The number of nitrogens with zero attached hydrogens (tertiary/aromatic N) is 1. The van der Waals surface area contributed by atoms with Gasteiger partial charge in [0.2, 0.25) is 0 Å². The number of benzene rings is 2. The van der Waals surface area contributed by atoms with Gasteiger partial charge in [0.15, 0.2) is 0 Å². The lowest BCUT2D eigenvalue weighted by Gasteiger charge is -2.12. The summed E-state index contributed by atoms with van der Waals surface area (Å²) in [7, 11) is 0. The van der Waals surface area contributed by atoms with Gasteiger partial charge in [-0.1, -0.05) is 23.7 Å². The van der Waals surface area contributed by atoms with Gasteiger partial charge in [-0.3, -0.25) is 4.79 Å². The average molecular weight is 300 g/mol. The number of hydrogen-bond donors (Lipinski definition) is 2. The Morgan fingerprint density at radius 3 is 2.71 bits per heavy atom. The van der Waals surface area contributed by atoms with Gasteiger partial charge < -0.3 is 10.6 Å². The summed E-state index contributed by atoms with van der Waals surface area (Å²) in [6.07, 6.45) is 0. The molecule has 0 fully saturated rings. The van der Waals surface area contributed by atoms with Gasteiger partial charge in [0.25, 0.3) is 5.91 Å². The minimum Gasteiger partial charge on any atom is -0.385 e. The summed E-state index contributed by atoms with van der Waals surface area (Å²) in [5.41, 5.74) is 2.04. The SMILES string of the molecule is CCNc1ccc(Cl)cc1C(=O)Nc1ccccc1C#N. The monoisotopic (exact) mass is 299 g/mol. The highest BCUT2D eigenvalue weighted by Gasteiger charge is 2.13. The molecule has 0 bridgehead atoms. The number of carbonyl (C=O) groups is 1. The molecule has 1 amide bonds. The van der Waals surface area contributed by atoms with Crippen LogP contribution in [0.4, 0.5) is 11.4 Å². The summed E-state index contributed by atoms with van der Waals surface area (Å²) in [6.45, 7) is 2.64. The topological polar surface area (TPSA) is 64.9 Å². The van der Waals surface area contributed by atoms with Crippen LogP contribution in [-0.4, -0.2) is 12.5 Å². The average Bonchev–Trinajstić information content (AvgIpc) is 2.49. The second-order valence-corrected chi connectivity index (χ2v) is 4.77. The van der Waals surface area contributed by atoms with E-state index in [1.54, 1.807) is 42.5 Å². The van der Waals surface area contributed by atoms with Crippen LogP contribution in [0.1, 0.15) is 22.8 Å². The van der Waals surface area contributed by atoms with Gasteiger partial charge in [0.05, 0.1) is 16.8 Å². The van der Waals surface area contributed by atoms with Gasteiger partial charge in [-0.15, -0.1) is 0 Å². The molecule has 2 rings (SSSR count). The molecular formula is C16H14ClN3O. The predicted octanol–water partition coefficient (Wildman–Crippen LogP) is 3.90. The molecule has 2 aromatic carbocycles. The number of anilines is 2. The summed E-state index contributed by atoms with van der Waals surface area (Å²) < 4.78 is 0. The van der Waals surface area contributed by atoms with Crippen molar-refractivity contribution in [3.8, 4) is 6.07 Å². The number of hydrogen-bond acceptors (Lipinski definition) is 3. The van der Waals surface area contributed by atoms with Gasteiger partial charge >= 0.3 is 0 Å². The van der Waals surface area contributed by atoms with Crippen LogP contribution < -0.4 is 10.6 Å². The molecule has 4 nitrogen and oxygen atoms in total. The molecule has 106 valence electrons. The van der Waals surface area contributed by atoms with Crippen LogP contribution in [0.15, 0.2) is 42.5 Å². The van der Waals surface area contributed by atoms with Gasteiger partial charge in [0.1, 0.15) is 6.07 Å². The van der Waals surface area contributed by atoms with Gasteiger partial charge in [-0.05, 0) is 37.3 Å². The third-order valence-corrected chi connectivity index (χ3v) is 3.12. The molecular weight excluding hydrogens is 286 g/mol. The van der Waals surface area contributed by atoms with Crippen molar-refractivity contribution in [2.75, 3.05) is 17.2 Å². The largest absolute Gasteiger partial charge is 0.385 e. The van der Waals surface area contributed by atoms with Crippen molar-refractivity contribution >= 4 is 28.9 Å². The molecule has 2 aromatic rings. The van der Waals surface area contributed by atoms with Crippen LogP contribution >= 0.6 is 11.6 Å². The molecule has 0 aliphatic rings. The number of carbonyl (C=O) groups excluding carboxylic acids is 1. The van der Waals surface area contributed by atoms with Crippen LogP contribution in [0.5, 0.6) is 0 Å². The summed E-state index contributed by atoms with van der Waals surface area (Å²) in [5, 5.41) is 15.4. The number of amides is 1. The molecule has 0 aromatic heterocycles. The van der Waals surface area contributed by atoms with E-state index in [-0.39, 0.29) is 5.91 Å². The molecule has 0 heterocycles. The van der Waals surface area contributed by atoms with E-state index >= 15 is 0 Å². The van der Waals surface area contributed by atoms with Gasteiger partial charge in [-0.25, -0.2) is 0 Å². The zero-order chi connectivity index (χ0) is 15.2. The molecule has 5 heteroatoms. The standard InChI is InChI=1S/C16H14ClN3O/c1-2-19-15-8-7-12(17)9-13(15)16(21)20-14-6-4-3-5-11(14)10-18/h3-9,19H,2H2,1H3,(H,20,21). The van der Waals surface area contributed by atoms with E-state index in [9.17, 15) is 4.79 Å². The molecule has 0 aliphatic heterocycles. The first-order valence-corrected chi connectivity index (χ1v) is 6.87. The summed E-state index contributed by atoms with van der Waals surface area (Å²) >= 11 is 5.96. The normalized spacial score (nSPS) is 9.76. The minimum atomic E-state index is -0.309. The number of nitrogens with one attached hydrogen (secondary N) is 2. The number of rotatable bonds is 4. The zero-order valence-electron chi connectivity index (χ0n) is 11.5. The molecule has 0 saturated heterocycles. The number of halogens is 1. The summed E-state index contributed by atoms with van der Waals surface area (Å²) in [5.74, 6) is -0.309. The maximum atomic E-state index is 12.4. The fourth-order valence-corrected chi connectivity index (χ4v) is 2.10. The van der Waals surface area contributed by atoms with E-state index in [1.165, 1.54) is 0 Å². The fourth-order valence-electron chi connectivity index (χ4n) is 1.93. The van der Waals surface area contributed by atoms with Crippen molar-refractivity contribution in [1.29, 1.82) is 5.26 Å². The molecule has 21 heavy (non-hydrogen) atoms. The third-order valence-electron chi connectivity index (χ3n) is 2.89. The highest BCUT2D eigenvalue weighted by molar-refractivity contribution is 6.31. The summed E-state index contributed by atoms with van der Waals surface area (Å²) in [4.78, 5) is 12.4. The minimum absolute atomic E-state index is 0.309. The van der Waals surface area contributed by atoms with Crippen molar-refractivity contribution in [2.45, 2.75) is 6.92 Å². The van der Waals surface area contributed by atoms with Crippen molar-refractivity contribution < 1.29 is 4.79 Å². The van der Waals surface area contributed by atoms with E-state index < -0.39 is 0 Å². The lowest BCUT2D eigenvalue weighted by atomic mass is 10.1. The third kappa shape index (κ3) is 3.53. The van der Waals surface area contributed by atoms with E-state index in [1.807, 2.05) is 13.0 Å². The first-order chi connectivity index (χ1) is 10.2. The lowest BCUT2D eigenvalue weighted by molar-refractivity contribution is 0.102. The highest BCUT2D eigenvalue weighted by atomic mass is 35.5. The Kier molecular flexibility index (Phi) is 4.81. The summed E-state index contributed by atoms with van der Waals surface area (Å²) in [6, 6.07) is 14.0. The first kappa shape index (κ1) is 14.9. The van der Waals surface area contributed by atoms with Crippen LogP contribution in [-0.2, 0) is 0 Å². The van der Waals surface area contributed by atoms with Crippen molar-refractivity contribution in [3.63, 3.8) is 0 Å². The van der Waals surface area contributed by atoms with Crippen molar-refractivity contribution in [3.05, 3.63) is 58.6 Å². The second kappa shape index (κ2) is 6.78. The fraction of sp³-hybridized carbons (Fsp3) is 0.125. The molecule has 0 saturated carbocycles. The zero-order valence-corrected chi connectivity index (χ0v) is 12.2. The molecule has 0 radical (unpaired) electrons. The molecule has 0 aliphatic carbocycles. The molecule has 0 atom stereocenters. The van der Waals surface area contributed by atoms with Crippen LogP contribution in [0, 0.1) is 11.3 Å². The van der Waals surface area contributed by atoms with Crippen LogP contribution in [0.25, 0.3) is 0 Å². The van der Waals surface area contributed by atoms with Crippen LogP contribution in [0.2, 0.25) is 5.02 Å². The highest BCUT2D eigenvalue weighted by Crippen LogP contribution is 2.23.